The number of hydrogen-bond acceptors (Lipinski definition) is 2. The molecule has 0 aliphatic carbocycles. The lowest BCUT2D eigenvalue weighted by atomic mass is 9.98. The second-order valence-electron chi connectivity index (χ2n) is 4.62. The molecule has 0 saturated heterocycles. The Kier molecular flexibility index (Phi) is 3.75. The van der Waals surface area contributed by atoms with Crippen LogP contribution in [0, 0.1) is 0 Å². The number of hydrogen-bond donors (Lipinski definition) is 1. The third kappa shape index (κ3) is 2.94. The van der Waals surface area contributed by atoms with Crippen molar-refractivity contribution in [3.8, 4) is 0 Å². The van der Waals surface area contributed by atoms with Crippen molar-refractivity contribution in [3.63, 3.8) is 0 Å². The summed E-state index contributed by atoms with van der Waals surface area (Å²) in [4.78, 5) is 2.20. The van der Waals surface area contributed by atoms with Gasteiger partial charge < -0.3 is 10.2 Å². The van der Waals surface area contributed by atoms with Gasteiger partial charge >= 0.3 is 0 Å². The van der Waals surface area contributed by atoms with Gasteiger partial charge in [0.2, 0.25) is 0 Å². The van der Waals surface area contributed by atoms with Gasteiger partial charge in [0.1, 0.15) is 0 Å². The Balaban J connectivity index is 2.18. The van der Waals surface area contributed by atoms with E-state index in [2.05, 4.69) is 54.7 Å². The van der Waals surface area contributed by atoms with Gasteiger partial charge in [-0.25, -0.2) is 0 Å². The zero-order valence-electron chi connectivity index (χ0n) is 10.2. The minimum absolute atomic E-state index is 1.01. The molecule has 1 heterocycles. The van der Waals surface area contributed by atoms with E-state index in [1.165, 1.54) is 16.7 Å². The van der Waals surface area contributed by atoms with Crippen LogP contribution in [-0.2, 0) is 6.54 Å². The highest BCUT2D eigenvalue weighted by molar-refractivity contribution is 5.67. The molecule has 2 heteroatoms. The lowest BCUT2D eigenvalue weighted by Crippen LogP contribution is -2.20. The Hall–Kier alpha value is -1.12. The molecule has 0 aromatic heterocycles. The third-order valence-electron chi connectivity index (χ3n) is 2.86. The first-order valence-electron chi connectivity index (χ1n) is 5.89. The average molecular weight is 216 g/mol. The molecule has 0 unspecified atom stereocenters. The maximum Gasteiger partial charge on any atom is 0.0227 e. The largest absolute Gasteiger partial charge is 0.313 e. The van der Waals surface area contributed by atoms with Crippen LogP contribution >= 0.6 is 0 Å². The van der Waals surface area contributed by atoms with Gasteiger partial charge in [-0.05, 0) is 43.8 Å². The summed E-state index contributed by atoms with van der Waals surface area (Å²) >= 11 is 0. The van der Waals surface area contributed by atoms with E-state index in [-0.39, 0.29) is 0 Å². The van der Waals surface area contributed by atoms with E-state index in [9.17, 15) is 0 Å². The molecule has 0 atom stereocenters. The number of benzene rings is 1. The predicted octanol–water partition coefficient (Wildman–Crippen LogP) is 2.12. The van der Waals surface area contributed by atoms with Gasteiger partial charge in [0, 0.05) is 13.1 Å². The van der Waals surface area contributed by atoms with E-state index in [4.69, 9.17) is 0 Å². The fraction of sp³-hybridized carbons (Fsp3) is 0.429. The first kappa shape index (κ1) is 11.4. The molecule has 16 heavy (non-hydrogen) atoms. The SMILES string of the molecule is CN(C)Cc1cccc(C2=CCNCC2)c1. The normalized spacial score (nSPS) is 16.3. The number of nitrogens with one attached hydrogen (secondary N) is 1. The summed E-state index contributed by atoms with van der Waals surface area (Å²) in [7, 11) is 4.22. The molecule has 2 rings (SSSR count). The van der Waals surface area contributed by atoms with E-state index in [0.717, 1.165) is 26.1 Å². The van der Waals surface area contributed by atoms with Gasteiger partial charge in [-0.1, -0.05) is 30.3 Å². The van der Waals surface area contributed by atoms with Crippen molar-refractivity contribution in [1.29, 1.82) is 0 Å². The molecule has 0 bridgehead atoms. The van der Waals surface area contributed by atoms with Gasteiger partial charge in [0.05, 0.1) is 0 Å². The summed E-state index contributed by atoms with van der Waals surface area (Å²) in [5.41, 5.74) is 4.27. The Bertz CT molecular complexity index is 380. The average Bonchev–Trinajstić information content (AvgIpc) is 2.30. The predicted molar refractivity (Wildman–Crippen MR) is 69.3 cm³/mol. The van der Waals surface area contributed by atoms with E-state index < -0.39 is 0 Å². The van der Waals surface area contributed by atoms with Crippen LogP contribution in [0.2, 0.25) is 0 Å². The molecule has 0 saturated carbocycles. The highest BCUT2D eigenvalue weighted by Gasteiger charge is 2.06. The van der Waals surface area contributed by atoms with Crippen molar-refractivity contribution in [2.75, 3.05) is 27.2 Å². The van der Waals surface area contributed by atoms with Gasteiger partial charge in [-0.15, -0.1) is 0 Å². The van der Waals surface area contributed by atoms with Crippen LogP contribution in [0.1, 0.15) is 17.5 Å². The fourth-order valence-corrected chi connectivity index (χ4v) is 2.12. The molecule has 1 aliphatic heterocycles. The summed E-state index contributed by atoms with van der Waals surface area (Å²) in [5, 5.41) is 3.35. The van der Waals surface area contributed by atoms with E-state index in [1.807, 2.05) is 0 Å². The summed E-state index contributed by atoms with van der Waals surface area (Å²) in [6.07, 6.45) is 3.45. The Morgan fingerprint density at radius 3 is 2.88 bits per heavy atom. The van der Waals surface area contributed by atoms with Crippen LogP contribution in [0.5, 0.6) is 0 Å². The Labute approximate surface area is 98.0 Å². The van der Waals surface area contributed by atoms with Crippen molar-refractivity contribution < 1.29 is 0 Å². The van der Waals surface area contributed by atoms with Crippen molar-refractivity contribution in [1.82, 2.24) is 10.2 Å². The molecule has 1 aliphatic rings. The lowest BCUT2D eigenvalue weighted by Gasteiger charge is -2.16. The molecule has 0 radical (unpaired) electrons. The molecule has 0 amide bonds. The molecule has 0 fully saturated rings. The molecule has 1 N–H and O–H groups in total. The van der Waals surface area contributed by atoms with Crippen molar-refractivity contribution >= 4 is 5.57 Å². The second kappa shape index (κ2) is 5.28. The van der Waals surface area contributed by atoms with Crippen molar-refractivity contribution in [2.24, 2.45) is 0 Å². The summed E-state index contributed by atoms with van der Waals surface area (Å²) < 4.78 is 0. The maximum absolute atomic E-state index is 3.35. The first-order chi connectivity index (χ1) is 7.75. The van der Waals surface area contributed by atoms with Crippen LogP contribution in [0.15, 0.2) is 30.3 Å². The molecule has 1 aromatic rings. The Morgan fingerprint density at radius 2 is 2.19 bits per heavy atom. The van der Waals surface area contributed by atoms with Gasteiger partial charge in [0.25, 0.3) is 0 Å². The molecule has 2 nitrogen and oxygen atoms in total. The van der Waals surface area contributed by atoms with Crippen molar-refractivity contribution in [3.05, 3.63) is 41.5 Å². The minimum Gasteiger partial charge on any atom is -0.313 e. The van der Waals surface area contributed by atoms with E-state index >= 15 is 0 Å². The zero-order chi connectivity index (χ0) is 11.4. The highest BCUT2D eigenvalue weighted by Crippen LogP contribution is 2.20. The number of rotatable bonds is 3. The van der Waals surface area contributed by atoms with Crippen LogP contribution in [0.4, 0.5) is 0 Å². The first-order valence-corrected chi connectivity index (χ1v) is 5.89. The zero-order valence-corrected chi connectivity index (χ0v) is 10.2. The van der Waals surface area contributed by atoms with Crippen LogP contribution < -0.4 is 5.32 Å². The van der Waals surface area contributed by atoms with Crippen LogP contribution in [-0.4, -0.2) is 32.1 Å². The lowest BCUT2D eigenvalue weighted by molar-refractivity contribution is 0.402. The quantitative estimate of drug-likeness (QED) is 0.832. The van der Waals surface area contributed by atoms with Gasteiger partial charge in [-0.3, -0.25) is 0 Å². The van der Waals surface area contributed by atoms with Crippen LogP contribution in [0.25, 0.3) is 5.57 Å². The third-order valence-corrected chi connectivity index (χ3v) is 2.86. The van der Waals surface area contributed by atoms with Crippen molar-refractivity contribution in [2.45, 2.75) is 13.0 Å². The highest BCUT2D eigenvalue weighted by atomic mass is 15.0. The summed E-state index contributed by atoms with van der Waals surface area (Å²) in [5.74, 6) is 0. The standard InChI is InChI=1S/C14H20N2/c1-16(2)11-12-4-3-5-14(10-12)13-6-8-15-9-7-13/h3-6,10,15H,7-9,11H2,1-2H3. The molecule has 86 valence electrons. The monoisotopic (exact) mass is 216 g/mol. The molecular weight excluding hydrogens is 196 g/mol. The number of nitrogens with zero attached hydrogens (tertiary/aromatic N) is 1. The van der Waals surface area contributed by atoms with Gasteiger partial charge in [-0.2, -0.15) is 0 Å². The Morgan fingerprint density at radius 1 is 1.31 bits per heavy atom. The molecule has 0 spiro atoms. The molecule has 1 aromatic carbocycles. The maximum atomic E-state index is 3.35. The smallest absolute Gasteiger partial charge is 0.0227 e. The van der Waals surface area contributed by atoms with Gasteiger partial charge in [0.15, 0.2) is 0 Å². The van der Waals surface area contributed by atoms with E-state index in [0.29, 0.717) is 0 Å². The minimum atomic E-state index is 1.01. The molecular formula is C14H20N2. The topological polar surface area (TPSA) is 15.3 Å². The second-order valence-corrected chi connectivity index (χ2v) is 4.62. The van der Waals surface area contributed by atoms with E-state index in [1.54, 1.807) is 0 Å². The van der Waals surface area contributed by atoms with Crippen LogP contribution in [0.3, 0.4) is 0 Å². The fourth-order valence-electron chi connectivity index (χ4n) is 2.12. The summed E-state index contributed by atoms with van der Waals surface area (Å²) in [6.45, 7) is 3.12. The summed E-state index contributed by atoms with van der Waals surface area (Å²) in [6, 6.07) is 8.90.